The summed E-state index contributed by atoms with van der Waals surface area (Å²) in [5.41, 5.74) is 0. The zero-order valence-electron chi connectivity index (χ0n) is 13.0. The van der Waals surface area contributed by atoms with Crippen LogP contribution < -0.4 is 0 Å². The number of rotatable bonds is 0. The Balaban J connectivity index is -0.0000000490. The highest BCUT2D eigenvalue weighted by molar-refractivity contribution is 8.93. The van der Waals surface area contributed by atoms with Gasteiger partial charge in [-0.25, -0.2) is 9.13 Å². The van der Waals surface area contributed by atoms with Gasteiger partial charge in [-0.15, -0.1) is 67.9 Å². The molecule has 0 radical (unpaired) electrons. The lowest BCUT2D eigenvalue weighted by molar-refractivity contribution is 0.272. The van der Waals surface area contributed by atoms with E-state index in [4.69, 9.17) is 38.5 Å². The summed E-state index contributed by atoms with van der Waals surface area (Å²) in [7, 11) is -9.28. The van der Waals surface area contributed by atoms with Crippen molar-refractivity contribution in [3.63, 3.8) is 0 Å². The van der Waals surface area contributed by atoms with Crippen LogP contribution in [0.25, 0.3) is 0 Å². The molecule has 2 rings (SSSR count). The quantitative estimate of drug-likeness (QED) is 0.230. The highest BCUT2D eigenvalue weighted by Gasteiger charge is 2.00. The maximum absolute atomic E-state index is 8.88. The smallest absolute Gasteiger partial charge is 0.303 e. The predicted octanol–water partition coefficient (Wildman–Crippen LogP) is 3.83. The van der Waals surface area contributed by atoms with Crippen LogP contribution in [0.1, 0.15) is 0 Å². The molecule has 0 spiro atoms. The average molecular weight is 676 g/mol. The van der Waals surface area contributed by atoms with Crippen molar-refractivity contribution in [2.45, 2.75) is 0 Å². The third-order valence-corrected chi connectivity index (χ3v) is 1.33. The van der Waals surface area contributed by atoms with Gasteiger partial charge in [0.05, 0.1) is 0 Å². The van der Waals surface area contributed by atoms with Gasteiger partial charge in [-0.05, 0) is 0 Å². The van der Waals surface area contributed by atoms with Crippen LogP contribution in [-0.2, 0) is 9.13 Å². The standard InChI is InChI=1S/2C6H6.4BrH.2H3O4P/c2*1-2-4-6-5-3-1;;;;;2*1-5(2,3)4/h2*1-6H;4*1H;2*(H3,1,2,3,4). The van der Waals surface area contributed by atoms with Crippen molar-refractivity contribution in [3.8, 4) is 0 Å². The highest BCUT2D eigenvalue weighted by Crippen LogP contribution is 2.26. The second kappa shape index (κ2) is 25.6. The number of phosphoric acid groups is 2. The van der Waals surface area contributed by atoms with E-state index in [1.807, 2.05) is 72.8 Å². The van der Waals surface area contributed by atoms with E-state index in [-0.39, 0.29) is 67.9 Å². The van der Waals surface area contributed by atoms with Crippen molar-refractivity contribution in [2.24, 2.45) is 0 Å². The van der Waals surface area contributed by atoms with Gasteiger partial charge >= 0.3 is 15.6 Å². The molecule has 14 heteroatoms. The molecule has 0 saturated heterocycles. The highest BCUT2D eigenvalue weighted by atomic mass is 79.9. The molecule has 156 valence electrons. The minimum atomic E-state index is -4.64. The Hall–Kier alpha value is 0.580. The third-order valence-electron chi connectivity index (χ3n) is 1.33. The van der Waals surface area contributed by atoms with Crippen LogP contribution in [0.15, 0.2) is 72.8 Å². The van der Waals surface area contributed by atoms with Crippen LogP contribution in [0, 0.1) is 0 Å². The summed E-state index contributed by atoms with van der Waals surface area (Å²) in [5.74, 6) is 0. The van der Waals surface area contributed by atoms with Gasteiger partial charge in [0.1, 0.15) is 0 Å². The lowest BCUT2D eigenvalue weighted by Gasteiger charge is -1.82. The first-order valence-electron chi connectivity index (χ1n) is 5.57. The minimum absolute atomic E-state index is 0. The summed E-state index contributed by atoms with van der Waals surface area (Å²) in [6.07, 6.45) is 0. The topological polar surface area (TPSA) is 156 Å². The van der Waals surface area contributed by atoms with Gasteiger partial charge in [-0.2, -0.15) is 0 Å². The zero-order valence-corrected chi connectivity index (χ0v) is 21.6. The van der Waals surface area contributed by atoms with Gasteiger partial charge in [0, 0.05) is 0 Å². The molecule has 8 nitrogen and oxygen atoms in total. The van der Waals surface area contributed by atoms with Gasteiger partial charge in [0.25, 0.3) is 0 Å². The zero-order chi connectivity index (χ0) is 17.5. The molecule has 0 aliphatic heterocycles. The van der Waals surface area contributed by atoms with Crippen molar-refractivity contribution in [2.75, 3.05) is 0 Å². The number of halogens is 4. The second-order valence-corrected chi connectivity index (χ2v) is 5.39. The van der Waals surface area contributed by atoms with E-state index in [1.54, 1.807) is 0 Å². The normalized spacial score (nSPS) is 8.23. The third kappa shape index (κ3) is 86.4. The molecule has 0 aliphatic rings. The average Bonchev–Trinajstić information content (AvgIpc) is 2.40. The van der Waals surface area contributed by atoms with Crippen molar-refractivity contribution < 1.29 is 38.5 Å². The molecular formula is C12H22Br4O8P2. The molecule has 0 aliphatic carbocycles. The van der Waals surface area contributed by atoms with E-state index < -0.39 is 15.6 Å². The van der Waals surface area contributed by atoms with E-state index in [9.17, 15) is 0 Å². The lowest BCUT2D eigenvalue weighted by Crippen LogP contribution is -1.66. The van der Waals surface area contributed by atoms with Crippen LogP contribution >= 0.6 is 83.6 Å². The molecule has 0 amide bonds. The largest absolute Gasteiger partial charge is 0.466 e. The maximum Gasteiger partial charge on any atom is 0.466 e. The Morgan fingerprint density at radius 3 is 0.423 bits per heavy atom. The molecule has 0 bridgehead atoms. The number of hydrogen-bond donors (Lipinski definition) is 6. The molecule has 0 heterocycles. The molecule has 0 atom stereocenters. The molecule has 0 unspecified atom stereocenters. The van der Waals surface area contributed by atoms with Crippen LogP contribution in [0.4, 0.5) is 0 Å². The SMILES string of the molecule is Br.Br.Br.Br.O=P(O)(O)O.O=P(O)(O)O.c1ccccc1.c1ccccc1. The Kier molecular flexibility index (Phi) is 40.4. The second-order valence-electron chi connectivity index (χ2n) is 3.34. The van der Waals surface area contributed by atoms with Crippen LogP contribution in [0.3, 0.4) is 0 Å². The van der Waals surface area contributed by atoms with E-state index in [0.29, 0.717) is 0 Å². The summed E-state index contributed by atoms with van der Waals surface area (Å²) in [4.78, 5) is 43.1. The van der Waals surface area contributed by atoms with Crippen LogP contribution in [0.5, 0.6) is 0 Å². The fourth-order valence-corrected chi connectivity index (χ4v) is 0.770. The summed E-state index contributed by atoms with van der Waals surface area (Å²) in [5, 5.41) is 0. The van der Waals surface area contributed by atoms with Crippen molar-refractivity contribution >= 4 is 83.6 Å². The number of benzene rings is 2. The van der Waals surface area contributed by atoms with Crippen molar-refractivity contribution in [1.82, 2.24) is 0 Å². The summed E-state index contributed by atoms with van der Waals surface area (Å²) in [6, 6.07) is 24.0. The molecular weight excluding hydrogens is 654 g/mol. The van der Waals surface area contributed by atoms with E-state index in [0.717, 1.165) is 0 Å². The van der Waals surface area contributed by atoms with Gasteiger partial charge in [0.2, 0.25) is 0 Å². The fraction of sp³-hybridized carbons (Fsp3) is 0. The van der Waals surface area contributed by atoms with E-state index >= 15 is 0 Å². The Bertz CT molecular complexity index is 432. The lowest BCUT2D eigenvalue weighted by atomic mass is 10.4. The molecule has 0 saturated carbocycles. The van der Waals surface area contributed by atoms with Gasteiger partial charge in [-0.1, -0.05) is 72.8 Å². The Morgan fingerprint density at radius 1 is 0.346 bits per heavy atom. The van der Waals surface area contributed by atoms with E-state index in [1.165, 1.54) is 0 Å². The van der Waals surface area contributed by atoms with Crippen LogP contribution in [0.2, 0.25) is 0 Å². The Morgan fingerprint density at radius 2 is 0.385 bits per heavy atom. The molecule has 2 aromatic carbocycles. The number of hydrogen-bond acceptors (Lipinski definition) is 2. The summed E-state index contributed by atoms with van der Waals surface area (Å²) in [6.45, 7) is 0. The van der Waals surface area contributed by atoms with Gasteiger partial charge in [-0.3, -0.25) is 0 Å². The first-order chi connectivity index (χ1) is 10.0. The van der Waals surface area contributed by atoms with Crippen molar-refractivity contribution in [3.05, 3.63) is 72.8 Å². The molecule has 0 aromatic heterocycles. The first-order valence-corrected chi connectivity index (χ1v) is 8.70. The minimum Gasteiger partial charge on any atom is -0.303 e. The molecule has 2 aromatic rings. The first kappa shape index (κ1) is 41.1. The van der Waals surface area contributed by atoms with Gasteiger partial charge < -0.3 is 29.4 Å². The summed E-state index contributed by atoms with van der Waals surface area (Å²) >= 11 is 0. The molecule has 26 heavy (non-hydrogen) atoms. The van der Waals surface area contributed by atoms with Crippen LogP contribution in [-0.4, -0.2) is 29.4 Å². The molecule has 6 N–H and O–H groups in total. The molecule has 0 fully saturated rings. The van der Waals surface area contributed by atoms with Crippen molar-refractivity contribution in [1.29, 1.82) is 0 Å². The predicted molar refractivity (Wildman–Crippen MR) is 123 cm³/mol. The van der Waals surface area contributed by atoms with Gasteiger partial charge in [0.15, 0.2) is 0 Å². The fourth-order valence-electron chi connectivity index (χ4n) is 0.770. The monoisotopic (exact) mass is 672 g/mol. The maximum atomic E-state index is 8.88. The van der Waals surface area contributed by atoms with E-state index in [2.05, 4.69) is 0 Å². The summed E-state index contributed by atoms with van der Waals surface area (Å²) < 4.78 is 17.8. The Labute approximate surface area is 193 Å².